The average Bonchev–Trinajstić information content (AvgIpc) is 3.27. The number of rotatable bonds is 4. The van der Waals surface area contributed by atoms with E-state index in [0.29, 0.717) is 11.8 Å². The number of hydrogen-bond donors (Lipinski definition) is 0. The Kier molecular flexibility index (Phi) is 4.20. The largest absolute Gasteiger partial charge is 0.342 e. The van der Waals surface area contributed by atoms with Crippen LogP contribution >= 0.6 is 0 Å². The average molecular weight is 307 g/mol. The number of halogens is 2. The summed E-state index contributed by atoms with van der Waals surface area (Å²) in [6, 6.07) is 4.12. The summed E-state index contributed by atoms with van der Waals surface area (Å²) in [4.78, 5) is 14.4. The summed E-state index contributed by atoms with van der Waals surface area (Å²) in [5, 5.41) is 0. The Balaban J connectivity index is 1.54. The van der Waals surface area contributed by atoms with Gasteiger partial charge in [-0.05, 0) is 62.1 Å². The Bertz CT molecular complexity index is 568. The molecule has 22 heavy (non-hydrogen) atoms. The van der Waals surface area contributed by atoms with Gasteiger partial charge in [0.25, 0.3) is 0 Å². The molecule has 0 N–H and O–H groups in total. The van der Waals surface area contributed by atoms with Gasteiger partial charge in [-0.15, -0.1) is 0 Å². The molecule has 1 aliphatic heterocycles. The Hall–Kier alpha value is -1.45. The van der Waals surface area contributed by atoms with Gasteiger partial charge in [0, 0.05) is 18.5 Å². The van der Waals surface area contributed by atoms with Crippen molar-refractivity contribution in [1.29, 1.82) is 0 Å². The van der Waals surface area contributed by atoms with Gasteiger partial charge in [-0.3, -0.25) is 4.79 Å². The van der Waals surface area contributed by atoms with E-state index in [1.54, 1.807) is 6.07 Å². The molecular weight excluding hydrogens is 284 g/mol. The van der Waals surface area contributed by atoms with E-state index >= 15 is 0 Å². The zero-order chi connectivity index (χ0) is 15.7. The maximum atomic E-state index is 13.2. The van der Waals surface area contributed by atoms with Crippen molar-refractivity contribution in [2.75, 3.05) is 13.1 Å². The highest BCUT2D eigenvalue weighted by atomic mass is 19.2. The maximum absolute atomic E-state index is 13.2. The molecule has 1 aromatic carbocycles. The molecule has 3 rings (SSSR count). The summed E-state index contributed by atoms with van der Waals surface area (Å²) in [7, 11) is 0. The molecule has 1 aliphatic carbocycles. The highest BCUT2D eigenvalue weighted by Gasteiger charge is 2.47. The van der Waals surface area contributed by atoms with Gasteiger partial charge in [0.2, 0.25) is 5.91 Å². The lowest BCUT2D eigenvalue weighted by Crippen LogP contribution is -2.43. The zero-order valence-corrected chi connectivity index (χ0v) is 13.1. The fourth-order valence-corrected chi connectivity index (χ4v) is 3.33. The Morgan fingerprint density at radius 2 is 2.09 bits per heavy atom. The summed E-state index contributed by atoms with van der Waals surface area (Å²) >= 11 is 0. The van der Waals surface area contributed by atoms with Crippen LogP contribution in [0.5, 0.6) is 0 Å². The van der Waals surface area contributed by atoms with Crippen molar-refractivity contribution in [3.63, 3.8) is 0 Å². The van der Waals surface area contributed by atoms with Gasteiger partial charge in [-0.2, -0.15) is 0 Å². The molecule has 1 saturated heterocycles. The maximum Gasteiger partial charge on any atom is 0.228 e. The van der Waals surface area contributed by atoms with Crippen molar-refractivity contribution in [2.24, 2.45) is 11.3 Å². The first kappa shape index (κ1) is 15.4. The van der Waals surface area contributed by atoms with E-state index in [1.807, 2.05) is 4.90 Å². The van der Waals surface area contributed by atoms with Crippen molar-refractivity contribution >= 4 is 5.91 Å². The van der Waals surface area contributed by atoms with Gasteiger partial charge >= 0.3 is 0 Å². The quantitative estimate of drug-likeness (QED) is 0.825. The van der Waals surface area contributed by atoms with Crippen LogP contribution in [-0.4, -0.2) is 23.9 Å². The Morgan fingerprint density at radius 3 is 2.77 bits per heavy atom. The van der Waals surface area contributed by atoms with Crippen LogP contribution in [0.3, 0.4) is 0 Å². The number of carbonyl (C=O) groups excluding carboxylic acids is 1. The zero-order valence-electron chi connectivity index (χ0n) is 13.1. The van der Waals surface area contributed by atoms with Crippen LogP contribution in [0.2, 0.25) is 0 Å². The second-order valence-corrected chi connectivity index (χ2v) is 7.11. The van der Waals surface area contributed by atoms with Gasteiger partial charge < -0.3 is 4.90 Å². The fourth-order valence-electron chi connectivity index (χ4n) is 3.33. The standard InChI is InChI=1S/C18H23F2NO/c1-18(8-9-18)17(22)21-10-2-3-14(12-21)5-4-13-6-7-15(19)16(20)11-13/h6-7,11,14H,2-5,8-10,12H2,1H3/t14-/m0/s1. The van der Waals surface area contributed by atoms with E-state index in [2.05, 4.69) is 6.92 Å². The molecule has 2 fully saturated rings. The predicted octanol–water partition coefficient (Wildman–Crippen LogP) is 3.94. The van der Waals surface area contributed by atoms with Crippen LogP contribution in [-0.2, 0) is 11.2 Å². The number of nitrogens with zero attached hydrogens (tertiary/aromatic N) is 1. The van der Waals surface area contributed by atoms with E-state index in [4.69, 9.17) is 0 Å². The van der Waals surface area contributed by atoms with E-state index in [-0.39, 0.29) is 5.41 Å². The van der Waals surface area contributed by atoms with Crippen molar-refractivity contribution in [3.8, 4) is 0 Å². The van der Waals surface area contributed by atoms with Crippen molar-refractivity contribution in [3.05, 3.63) is 35.4 Å². The van der Waals surface area contributed by atoms with Gasteiger partial charge in [0.1, 0.15) is 0 Å². The smallest absolute Gasteiger partial charge is 0.228 e. The number of likely N-dealkylation sites (tertiary alicyclic amines) is 1. The molecule has 1 amide bonds. The first-order chi connectivity index (χ1) is 10.5. The van der Waals surface area contributed by atoms with Gasteiger partial charge in [-0.1, -0.05) is 13.0 Å². The Morgan fingerprint density at radius 1 is 1.32 bits per heavy atom. The molecule has 1 atom stereocenters. The third kappa shape index (κ3) is 3.31. The fraction of sp³-hybridized carbons (Fsp3) is 0.611. The number of hydrogen-bond acceptors (Lipinski definition) is 1. The molecule has 0 aromatic heterocycles. The lowest BCUT2D eigenvalue weighted by molar-refractivity contribution is -0.138. The minimum Gasteiger partial charge on any atom is -0.342 e. The third-order valence-electron chi connectivity index (χ3n) is 5.15. The monoisotopic (exact) mass is 307 g/mol. The molecule has 0 radical (unpaired) electrons. The number of benzene rings is 1. The lowest BCUT2D eigenvalue weighted by atomic mass is 9.90. The molecular formula is C18H23F2NO. The molecule has 0 bridgehead atoms. The van der Waals surface area contributed by atoms with E-state index < -0.39 is 11.6 Å². The molecule has 2 nitrogen and oxygen atoms in total. The van der Waals surface area contributed by atoms with Crippen LogP contribution in [0.4, 0.5) is 8.78 Å². The number of carbonyl (C=O) groups is 1. The molecule has 4 heteroatoms. The molecule has 2 aliphatic rings. The number of piperidine rings is 1. The molecule has 1 aromatic rings. The van der Waals surface area contributed by atoms with Gasteiger partial charge in [0.15, 0.2) is 11.6 Å². The first-order valence-corrected chi connectivity index (χ1v) is 8.21. The minimum absolute atomic E-state index is 0.0953. The van der Waals surface area contributed by atoms with Crippen LogP contribution in [0.15, 0.2) is 18.2 Å². The molecule has 0 unspecified atom stereocenters. The van der Waals surface area contributed by atoms with E-state index in [1.165, 1.54) is 12.1 Å². The molecule has 1 saturated carbocycles. The summed E-state index contributed by atoms with van der Waals surface area (Å²) in [5.41, 5.74) is 0.735. The van der Waals surface area contributed by atoms with Crippen molar-refractivity contribution < 1.29 is 13.6 Å². The predicted molar refractivity (Wildman–Crippen MR) is 81.3 cm³/mol. The van der Waals surface area contributed by atoms with E-state index in [9.17, 15) is 13.6 Å². The SMILES string of the molecule is CC1(C(=O)N2CCC[C@@H](CCc3ccc(F)c(F)c3)C2)CC1. The summed E-state index contributed by atoms with van der Waals surface area (Å²) in [6.07, 6.45) is 5.85. The number of amides is 1. The lowest BCUT2D eigenvalue weighted by Gasteiger charge is -2.34. The second-order valence-electron chi connectivity index (χ2n) is 7.11. The topological polar surface area (TPSA) is 20.3 Å². The van der Waals surface area contributed by atoms with Gasteiger partial charge in [-0.25, -0.2) is 8.78 Å². The highest BCUT2D eigenvalue weighted by molar-refractivity contribution is 5.85. The first-order valence-electron chi connectivity index (χ1n) is 8.21. The molecule has 1 heterocycles. The summed E-state index contributed by atoms with van der Waals surface area (Å²) < 4.78 is 26.2. The third-order valence-corrected chi connectivity index (χ3v) is 5.15. The highest BCUT2D eigenvalue weighted by Crippen LogP contribution is 2.47. The summed E-state index contributed by atoms with van der Waals surface area (Å²) in [5.74, 6) is -0.798. The number of aryl methyl sites for hydroxylation is 1. The van der Waals surface area contributed by atoms with Crippen molar-refractivity contribution in [2.45, 2.75) is 45.4 Å². The summed E-state index contributed by atoms with van der Waals surface area (Å²) in [6.45, 7) is 3.74. The normalized spacial score (nSPS) is 23.4. The molecule has 120 valence electrons. The van der Waals surface area contributed by atoms with Gasteiger partial charge in [0.05, 0.1) is 0 Å². The van der Waals surface area contributed by atoms with E-state index in [0.717, 1.165) is 57.2 Å². The van der Waals surface area contributed by atoms with Crippen LogP contribution in [0.25, 0.3) is 0 Å². The van der Waals surface area contributed by atoms with Crippen LogP contribution in [0.1, 0.15) is 44.6 Å². The van der Waals surface area contributed by atoms with Crippen LogP contribution in [0, 0.1) is 23.0 Å². The van der Waals surface area contributed by atoms with Crippen molar-refractivity contribution in [1.82, 2.24) is 4.90 Å². The Labute approximate surface area is 130 Å². The van der Waals surface area contributed by atoms with Crippen LogP contribution < -0.4 is 0 Å². The molecule has 0 spiro atoms. The second kappa shape index (κ2) is 5.98. The minimum atomic E-state index is -0.795.